The van der Waals surface area contributed by atoms with Crippen molar-refractivity contribution in [2.24, 2.45) is 5.73 Å². The monoisotopic (exact) mass is 297 g/mol. The first kappa shape index (κ1) is 15.3. The fourth-order valence-corrected chi connectivity index (χ4v) is 4.78. The molecule has 112 valence electrons. The van der Waals surface area contributed by atoms with Crippen LogP contribution in [0.5, 0.6) is 5.75 Å². The molecular weight excluding hydrogens is 274 g/mol. The zero-order chi connectivity index (χ0) is 14.6. The van der Waals surface area contributed by atoms with E-state index in [-0.39, 0.29) is 11.0 Å². The van der Waals surface area contributed by atoms with Gasteiger partial charge >= 0.3 is 0 Å². The summed E-state index contributed by atoms with van der Waals surface area (Å²) in [5.74, 6) is 0.677. The van der Waals surface area contributed by atoms with E-state index in [9.17, 15) is 8.42 Å². The third-order valence-electron chi connectivity index (χ3n) is 4.00. The van der Waals surface area contributed by atoms with Crippen molar-refractivity contribution >= 4 is 9.84 Å². The lowest BCUT2D eigenvalue weighted by molar-refractivity contribution is 0.410. The van der Waals surface area contributed by atoms with E-state index in [4.69, 9.17) is 10.5 Å². The highest BCUT2D eigenvalue weighted by Gasteiger charge is 2.28. The van der Waals surface area contributed by atoms with Gasteiger partial charge in [0.25, 0.3) is 0 Å². The molecule has 0 bridgehead atoms. The third-order valence-corrected chi connectivity index (χ3v) is 6.20. The Morgan fingerprint density at radius 3 is 2.55 bits per heavy atom. The van der Waals surface area contributed by atoms with Gasteiger partial charge in [0, 0.05) is 12.1 Å². The van der Waals surface area contributed by atoms with E-state index in [2.05, 4.69) is 0 Å². The van der Waals surface area contributed by atoms with Gasteiger partial charge in [-0.25, -0.2) is 8.42 Å². The minimum Gasteiger partial charge on any atom is -0.496 e. The van der Waals surface area contributed by atoms with Crippen LogP contribution in [0.4, 0.5) is 0 Å². The van der Waals surface area contributed by atoms with E-state index in [0.717, 1.165) is 43.2 Å². The lowest BCUT2D eigenvalue weighted by atomic mass is 10.0. The fraction of sp³-hybridized carbons (Fsp3) is 0.600. The van der Waals surface area contributed by atoms with Gasteiger partial charge in [0.1, 0.15) is 5.75 Å². The van der Waals surface area contributed by atoms with E-state index in [0.29, 0.717) is 12.3 Å². The average Bonchev–Trinajstić information content (AvgIpc) is 2.47. The Labute approximate surface area is 121 Å². The first-order valence-corrected chi connectivity index (χ1v) is 8.86. The van der Waals surface area contributed by atoms with Gasteiger partial charge in [-0.15, -0.1) is 0 Å². The Hall–Kier alpha value is -1.07. The highest BCUT2D eigenvalue weighted by atomic mass is 32.2. The Morgan fingerprint density at radius 2 is 1.95 bits per heavy atom. The number of rotatable bonds is 5. The molecule has 0 atom stereocenters. The van der Waals surface area contributed by atoms with Crippen molar-refractivity contribution in [2.45, 2.75) is 49.7 Å². The second kappa shape index (κ2) is 6.59. The first-order chi connectivity index (χ1) is 9.56. The number of methoxy groups -OCH3 is 1. The molecule has 1 aromatic carbocycles. The lowest BCUT2D eigenvalue weighted by Crippen LogP contribution is -2.25. The summed E-state index contributed by atoms with van der Waals surface area (Å²) in [6, 6.07) is 5.52. The molecule has 5 heteroatoms. The van der Waals surface area contributed by atoms with Crippen LogP contribution in [0.2, 0.25) is 0 Å². The van der Waals surface area contributed by atoms with Gasteiger partial charge in [-0.3, -0.25) is 0 Å². The van der Waals surface area contributed by atoms with Crippen LogP contribution in [-0.2, 0) is 22.1 Å². The predicted octanol–water partition coefficient (Wildman–Crippen LogP) is 2.40. The third kappa shape index (κ3) is 3.52. The molecule has 20 heavy (non-hydrogen) atoms. The summed E-state index contributed by atoms with van der Waals surface area (Å²) in [5, 5.41) is -0.192. The molecule has 0 spiro atoms. The summed E-state index contributed by atoms with van der Waals surface area (Å²) < 4.78 is 30.3. The van der Waals surface area contributed by atoms with E-state index in [1.807, 2.05) is 12.1 Å². The molecule has 1 fully saturated rings. The number of hydrogen-bond acceptors (Lipinski definition) is 4. The smallest absolute Gasteiger partial charge is 0.157 e. The number of hydrogen-bond donors (Lipinski definition) is 1. The summed E-state index contributed by atoms with van der Waals surface area (Å²) in [6.07, 6.45) is 4.77. The summed E-state index contributed by atoms with van der Waals surface area (Å²) in [4.78, 5) is 0. The molecule has 0 aliphatic heterocycles. The highest BCUT2D eigenvalue weighted by molar-refractivity contribution is 7.91. The minimum atomic E-state index is -3.11. The molecule has 0 radical (unpaired) electrons. The average molecular weight is 297 g/mol. The molecular formula is C15H23NO3S. The predicted molar refractivity (Wildman–Crippen MR) is 80.4 cm³/mol. The van der Waals surface area contributed by atoms with Crippen molar-refractivity contribution in [3.05, 3.63) is 29.3 Å². The van der Waals surface area contributed by atoms with Gasteiger partial charge < -0.3 is 10.5 Å². The second-order valence-corrected chi connectivity index (χ2v) is 7.70. The van der Waals surface area contributed by atoms with Crippen molar-refractivity contribution in [3.8, 4) is 5.75 Å². The maximum atomic E-state index is 12.5. The van der Waals surface area contributed by atoms with Crippen LogP contribution in [0.25, 0.3) is 0 Å². The Bertz CT molecular complexity index is 548. The van der Waals surface area contributed by atoms with Crippen molar-refractivity contribution in [1.29, 1.82) is 0 Å². The van der Waals surface area contributed by atoms with Crippen LogP contribution >= 0.6 is 0 Å². The molecule has 0 saturated heterocycles. The summed E-state index contributed by atoms with van der Waals surface area (Å²) in [7, 11) is -1.55. The van der Waals surface area contributed by atoms with Gasteiger partial charge in [0.2, 0.25) is 0 Å². The van der Waals surface area contributed by atoms with Crippen LogP contribution in [0.15, 0.2) is 18.2 Å². The van der Waals surface area contributed by atoms with Crippen LogP contribution < -0.4 is 10.5 Å². The maximum absolute atomic E-state index is 12.5. The zero-order valence-electron chi connectivity index (χ0n) is 12.0. The lowest BCUT2D eigenvalue weighted by Gasteiger charge is -2.22. The molecule has 0 amide bonds. The second-order valence-electron chi connectivity index (χ2n) is 5.42. The number of sulfone groups is 1. The topological polar surface area (TPSA) is 69.4 Å². The molecule has 1 saturated carbocycles. The van der Waals surface area contributed by atoms with Gasteiger partial charge in [0.15, 0.2) is 9.84 Å². The Kier molecular flexibility index (Phi) is 5.05. The van der Waals surface area contributed by atoms with Crippen LogP contribution in [0, 0.1) is 0 Å². The molecule has 0 unspecified atom stereocenters. The molecule has 1 aliphatic carbocycles. The molecule has 2 N–H and O–H groups in total. The van der Waals surface area contributed by atoms with Gasteiger partial charge in [-0.1, -0.05) is 25.3 Å². The summed E-state index contributed by atoms with van der Waals surface area (Å²) >= 11 is 0. The van der Waals surface area contributed by atoms with Gasteiger partial charge in [-0.05, 0) is 30.5 Å². The van der Waals surface area contributed by atoms with Gasteiger partial charge in [0.05, 0.1) is 18.1 Å². The molecule has 4 nitrogen and oxygen atoms in total. The number of ether oxygens (including phenoxy) is 1. The zero-order valence-corrected chi connectivity index (χ0v) is 12.8. The molecule has 1 aromatic rings. The van der Waals surface area contributed by atoms with E-state index >= 15 is 0 Å². The molecule has 1 aliphatic rings. The van der Waals surface area contributed by atoms with Crippen LogP contribution in [-0.4, -0.2) is 20.8 Å². The first-order valence-electron chi connectivity index (χ1n) is 7.14. The largest absolute Gasteiger partial charge is 0.496 e. The van der Waals surface area contributed by atoms with Crippen molar-refractivity contribution in [2.75, 3.05) is 7.11 Å². The normalized spacial score (nSPS) is 17.1. The highest BCUT2D eigenvalue weighted by Crippen LogP contribution is 2.29. The van der Waals surface area contributed by atoms with E-state index < -0.39 is 9.84 Å². The van der Waals surface area contributed by atoms with Crippen LogP contribution in [0.1, 0.15) is 43.2 Å². The van der Waals surface area contributed by atoms with Crippen molar-refractivity contribution < 1.29 is 13.2 Å². The minimum absolute atomic E-state index is 0.0503. The number of nitrogens with two attached hydrogens (primary N) is 1. The standard InChI is InChI=1S/C15H23NO3S/c1-19-15-8-7-12(10-16)9-13(15)11-20(17,18)14-5-3-2-4-6-14/h7-9,14H,2-6,10-11,16H2,1H3. The van der Waals surface area contributed by atoms with E-state index in [1.54, 1.807) is 13.2 Å². The molecule has 0 heterocycles. The Balaban J connectivity index is 2.23. The van der Waals surface area contributed by atoms with Crippen molar-refractivity contribution in [1.82, 2.24) is 0 Å². The Morgan fingerprint density at radius 1 is 1.25 bits per heavy atom. The van der Waals surface area contributed by atoms with Gasteiger partial charge in [-0.2, -0.15) is 0 Å². The number of benzene rings is 1. The van der Waals surface area contributed by atoms with E-state index in [1.165, 1.54) is 0 Å². The summed E-state index contributed by atoms with van der Waals surface area (Å²) in [6.45, 7) is 0.403. The summed E-state index contributed by atoms with van der Waals surface area (Å²) in [5.41, 5.74) is 7.28. The molecule has 2 rings (SSSR count). The van der Waals surface area contributed by atoms with Crippen molar-refractivity contribution in [3.63, 3.8) is 0 Å². The molecule has 0 aromatic heterocycles. The maximum Gasteiger partial charge on any atom is 0.157 e. The van der Waals surface area contributed by atoms with Crippen LogP contribution in [0.3, 0.4) is 0 Å². The quantitative estimate of drug-likeness (QED) is 0.906. The fourth-order valence-electron chi connectivity index (χ4n) is 2.83. The SMILES string of the molecule is COc1ccc(CN)cc1CS(=O)(=O)C1CCCCC1.